The molecule has 0 aliphatic carbocycles. The zero-order chi connectivity index (χ0) is 13.8. The van der Waals surface area contributed by atoms with Gasteiger partial charge in [0.05, 0.1) is 11.7 Å². The third-order valence-corrected chi connectivity index (χ3v) is 4.29. The van der Waals surface area contributed by atoms with Crippen LogP contribution < -0.4 is 5.32 Å². The second kappa shape index (κ2) is 6.32. The van der Waals surface area contributed by atoms with Crippen LogP contribution in [0.3, 0.4) is 0 Å². The minimum Gasteiger partial charge on any atom is -0.361 e. The number of aryl methyl sites for hydroxylation is 2. The Kier molecular flexibility index (Phi) is 4.74. The zero-order valence-electron chi connectivity index (χ0n) is 11.9. The van der Waals surface area contributed by atoms with Crippen LogP contribution in [-0.4, -0.2) is 30.7 Å². The van der Waals surface area contributed by atoms with Gasteiger partial charge in [0.1, 0.15) is 5.76 Å². The largest absolute Gasteiger partial charge is 0.361 e. The molecule has 1 unspecified atom stereocenters. The van der Waals surface area contributed by atoms with Gasteiger partial charge < -0.3 is 14.7 Å². The predicted octanol–water partition coefficient (Wildman–Crippen LogP) is 2.75. The van der Waals surface area contributed by atoms with E-state index in [-0.39, 0.29) is 0 Å². The van der Waals surface area contributed by atoms with Crippen LogP contribution in [0.15, 0.2) is 22.0 Å². The number of hydrogen-bond donors (Lipinski definition) is 1. The second-order valence-electron chi connectivity index (χ2n) is 4.93. The molecule has 1 atom stereocenters. The summed E-state index contributed by atoms with van der Waals surface area (Å²) in [4.78, 5) is 3.63. The summed E-state index contributed by atoms with van der Waals surface area (Å²) < 4.78 is 5.17. The number of hydrogen-bond acceptors (Lipinski definition) is 5. The van der Waals surface area contributed by atoms with Gasteiger partial charge in [0.15, 0.2) is 0 Å². The van der Waals surface area contributed by atoms with Crippen molar-refractivity contribution in [2.75, 3.05) is 20.6 Å². The fourth-order valence-corrected chi connectivity index (χ4v) is 3.03. The number of aromatic nitrogens is 1. The molecule has 19 heavy (non-hydrogen) atoms. The molecule has 104 valence electrons. The fourth-order valence-electron chi connectivity index (χ4n) is 2.11. The van der Waals surface area contributed by atoms with Crippen molar-refractivity contribution < 1.29 is 4.52 Å². The molecular formula is C14H21N3OS. The number of nitrogens with zero attached hydrogens (tertiary/aromatic N) is 2. The minimum atomic E-state index is 0.403. The van der Waals surface area contributed by atoms with E-state index in [0.717, 1.165) is 24.5 Å². The minimum absolute atomic E-state index is 0.403. The summed E-state index contributed by atoms with van der Waals surface area (Å²) in [6.07, 6.45) is 0. The molecule has 1 N–H and O–H groups in total. The van der Waals surface area contributed by atoms with E-state index in [2.05, 4.69) is 47.0 Å². The molecule has 2 rings (SSSR count). The molecule has 0 aliphatic rings. The van der Waals surface area contributed by atoms with Crippen molar-refractivity contribution in [2.24, 2.45) is 0 Å². The lowest BCUT2D eigenvalue weighted by atomic mass is 10.2. The Morgan fingerprint density at radius 1 is 1.42 bits per heavy atom. The van der Waals surface area contributed by atoms with Crippen molar-refractivity contribution in [3.63, 3.8) is 0 Å². The molecule has 0 aromatic carbocycles. The molecule has 0 spiro atoms. The molecule has 0 aliphatic heterocycles. The molecule has 4 nitrogen and oxygen atoms in total. The lowest BCUT2D eigenvalue weighted by molar-refractivity contribution is 0.292. The van der Waals surface area contributed by atoms with Gasteiger partial charge in [-0.05, 0) is 39.4 Å². The highest BCUT2D eigenvalue weighted by molar-refractivity contribution is 7.10. The number of nitrogens with one attached hydrogen (secondary N) is 1. The summed E-state index contributed by atoms with van der Waals surface area (Å²) in [6, 6.07) is 4.69. The molecule has 5 heteroatoms. The van der Waals surface area contributed by atoms with Gasteiger partial charge in [0, 0.05) is 23.5 Å². The van der Waals surface area contributed by atoms with Gasteiger partial charge in [0.2, 0.25) is 0 Å². The van der Waals surface area contributed by atoms with Crippen LogP contribution in [0.4, 0.5) is 0 Å². The van der Waals surface area contributed by atoms with Crippen LogP contribution in [0.1, 0.15) is 27.9 Å². The van der Waals surface area contributed by atoms with Crippen molar-refractivity contribution in [1.82, 2.24) is 15.4 Å². The number of likely N-dealkylation sites (N-methyl/N-ethyl adjacent to an activating group) is 1. The van der Waals surface area contributed by atoms with Crippen LogP contribution in [0.5, 0.6) is 0 Å². The Morgan fingerprint density at radius 2 is 2.21 bits per heavy atom. The molecule has 0 fully saturated rings. The standard InChI is InChI=1S/C14H21N3OS/c1-10-12(11(2)18-16-10)8-15-9-13(17(3)4)14-6-5-7-19-14/h5-7,13,15H,8-9H2,1-4H3. The quantitative estimate of drug-likeness (QED) is 0.883. The van der Waals surface area contributed by atoms with E-state index in [4.69, 9.17) is 4.52 Å². The maximum absolute atomic E-state index is 5.17. The molecule has 0 bridgehead atoms. The first-order chi connectivity index (χ1) is 9.09. The van der Waals surface area contributed by atoms with E-state index in [1.54, 1.807) is 11.3 Å². The molecule has 2 heterocycles. The van der Waals surface area contributed by atoms with E-state index >= 15 is 0 Å². The summed E-state index contributed by atoms with van der Waals surface area (Å²) in [5, 5.41) is 9.60. The monoisotopic (exact) mass is 279 g/mol. The van der Waals surface area contributed by atoms with Crippen LogP contribution in [0.2, 0.25) is 0 Å². The van der Waals surface area contributed by atoms with Crippen molar-refractivity contribution in [2.45, 2.75) is 26.4 Å². The van der Waals surface area contributed by atoms with Crippen molar-refractivity contribution in [3.05, 3.63) is 39.4 Å². The zero-order valence-corrected chi connectivity index (χ0v) is 12.8. The molecule has 0 saturated heterocycles. The molecule has 0 saturated carbocycles. The van der Waals surface area contributed by atoms with Gasteiger partial charge in [0.25, 0.3) is 0 Å². The van der Waals surface area contributed by atoms with Gasteiger partial charge in [-0.1, -0.05) is 11.2 Å². The van der Waals surface area contributed by atoms with Crippen LogP contribution >= 0.6 is 11.3 Å². The fraction of sp³-hybridized carbons (Fsp3) is 0.500. The highest BCUT2D eigenvalue weighted by atomic mass is 32.1. The summed E-state index contributed by atoms with van der Waals surface area (Å²) in [5.41, 5.74) is 2.14. The smallest absolute Gasteiger partial charge is 0.138 e. The van der Waals surface area contributed by atoms with E-state index in [1.807, 2.05) is 13.8 Å². The van der Waals surface area contributed by atoms with Gasteiger partial charge in [-0.2, -0.15) is 0 Å². The van der Waals surface area contributed by atoms with Gasteiger partial charge >= 0.3 is 0 Å². The molecule has 0 radical (unpaired) electrons. The average molecular weight is 279 g/mol. The van der Waals surface area contributed by atoms with Crippen molar-refractivity contribution in [1.29, 1.82) is 0 Å². The van der Waals surface area contributed by atoms with E-state index in [1.165, 1.54) is 10.4 Å². The number of thiophene rings is 1. The van der Waals surface area contributed by atoms with Crippen LogP contribution in [0.25, 0.3) is 0 Å². The van der Waals surface area contributed by atoms with Crippen LogP contribution in [-0.2, 0) is 6.54 Å². The predicted molar refractivity (Wildman–Crippen MR) is 78.4 cm³/mol. The normalized spacial score (nSPS) is 13.1. The molecule has 2 aromatic heterocycles. The van der Waals surface area contributed by atoms with E-state index < -0.39 is 0 Å². The van der Waals surface area contributed by atoms with Crippen molar-refractivity contribution >= 4 is 11.3 Å². The van der Waals surface area contributed by atoms with Crippen LogP contribution in [0, 0.1) is 13.8 Å². The van der Waals surface area contributed by atoms with Gasteiger partial charge in [-0.25, -0.2) is 0 Å². The topological polar surface area (TPSA) is 41.3 Å². The summed E-state index contributed by atoms with van der Waals surface area (Å²) >= 11 is 1.80. The summed E-state index contributed by atoms with van der Waals surface area (Å²) in [6.45, 7) is 5.66. The molecule has 0 amide bonds. The average Bonchev–Trinajstić information content (AvgIpc) is 2.97. The Morgan fingerprint density at radius 3 is 2.74 bits per heavy atom. The first-order valence-corrected chi connectivity index (χ1v) is 7.30. The molecular weight excluding hydrogens is 258 g/mol. The Balaban J connectivity index is 1.94. The van der Waals surface area contributed by atoms with Gasteiger partial charge in [-0.15, -0.1) is 11.3 Å². The first kappa shape index (κ1) is 14.2. The number of rotatable bonds is 6. The molecule has 2 aromatic rings. The first-order valence-electron chi connectivity index (χ1n) is 6.42. The van der Waals surface area contributed by atoms with E-state index in [0.29, 0.717) is 6.04 Å². The Hall–Kier alpha value is -1.17. The Bertz CT molecular complexity index is 485. The summed E-state index contributed by atoms with van der Waals surface area (Å²) in [5.74, 6) is 0.905. The third-order valence-electron chi connectivity index (χ3n) is 3.32. The SMILES string of the molecule is Cc1noc(C)c1CNCC(c1cccs1)N(C)C. The lowest BCUT2D eigenvalue weighted by Gasteiger charge is -2.23. The maximum Gasteiger partial charge on any atom is 0.138 e. The van der Waals surface area contributed by atoms with Crippen molar-refractivity contribution in [3.8, 4) is 0 Å². The Labute approximate surface area is 118 Å². The second-order valence-corrected chi connectivity index (χ2v) is 5.91. The highest BCUT2D eigenvalue weighted by Gasteiger charge is 2.15. The van der Waals surface area contributed by atoms with E-state index in [9.17, 15) is 0 Å². The third kappa shape index (κ3) is 3.43. The summed E-state index contributed by atoms with van der Waals surface area (Å²) in [7, 11) is 4.23. The lowest BCUT2D eigenvalue weighted by Crippen LogP contribution is -2.30. The maximum atomic E-state index is 5.17. The highest BCUT2D eigenvalue weighted by Crippen LogP contribution is 2.22. The van der Waals surface area contributed by atoms with Gasteiger partial charge in [-0.3, -0.25) is 0 Å².